The summed E-state index contributed by atoms with van der Waals surface area (Å²) in [7, 11) is 0. The van der Waals surface area contributed by atoms with Crippen molar-refractivity contribution in [3.63, 3.8) is 0 Å². The Morgan fingerprint density at radius 1 is 0.316 bits per heavy atom. The Balaban J connectivity index is 0.00000291. The van der Waals surface area contributed by atoms with E-state index in [-0.39, 0.29) is 27.5 Å². The van der Waals surface area contributed by atoms with Gasteiger partial charge in [-0.15, -0.1) is 66.2 Å². The molecule has 0 saturated heterocycles. The van der Waals surface area contributed by atoms with Gasteiger partial charge in [0.15, 0.2) is 0 Å². The maximum Gasteiger partial charge on any atom is 0.0816 e. The van der Waals surface area contributed by atoms with Crippen molar-refractivity contribution in [1.29, 1.82) is 0 Å². The maximum atomic E-state index is 4.81. The van der Waals surface area contributed by atoms with Crippen LogP contribution in [0.15, 0.2) is 244 Å². The number of hydrogen-bond acceptors (Lipinski definition) is 5. The van der Waals surface area contributed by atoms with Gasteiger partial charge in [0, 0.05) is 51.1 Å². The predicted molar refractivity (Wildman–Crippen MR) is 304 cm³/mol. The van der Waals surface area contributed by atoms with Crippen LogP contribution in [0, 0.1) is 25.6 Å². The second-order valence-electron chi connectivity index (χ2n) is 18.4. The number of nitrogens with zero attached hydrogens (tertiary/aromatic N) is 7. The van der Waals surface area contributed by atoms with Crippen molar-refractivity contribution in [3.05, 3.63) is 269 Å². The number of benzene rings is 9. The molecule has 76 heavy (non-hydrogen) atoms. The van der Waals surface area contributed by atoms with Crippen LogP contribution in [0.5, 0.6) is 0 Å². The van der Waals surface area contributed by atoms with Gasteiger partial charge in [0.2, 0.25) is 0 Å². The largest absolute Gasteiger partial charge is 0.358 e. The van der Waals surface area contributed by atoms with Crippen LogP contribution in [0.2, 0.25) is 0 Å². The number of pyridine rings is 1. The molecule has 0 aliphatic rings. The summed E-state index contributed by atoms with van der Waals surface area (Å²) in [5.74, 6) is 0. The maximum absolute atomic E-state index is 4.81. The van der Waals surface area contributed by atoms with Gasteiger partial charge in [-0.1, -0.05) is 178 Å². The molecule has 0 aliphatic carbocycles. The van der Waals surface area contributed by atoms with Gasteiger partial charge in [-0.05, 0) is 96.6 Å². The SMILES string of the molecule is [CH3-].[Ir].[c-]1cc(-c2ccccc2-c2cc(-c3ccccc3-c3c[c-]c4c(c3)ncn3ccnc43)cc(-c3ccccc3-c3c[c-]c4c(c3)ncn3ccnc43)c2)ccc1-c1cc(-c2ccc(-c3ccccc3)cc2)ccn1. The van der Waals surface area contributed by atoms with Gasteiger partial charge in [-0.2, -0.15) is 0 Å². The third-order valence-electron chi connectivity index (χ3n) is 14.0. The predicted octanol–water partition coefficient (Wildman–Crippen LogP) is 16.3. The molecule has 7 nitrogen and oxygen atoms in total. The van der Waals surface area contributed by atoms with E-state index in [9.17, 15) is 0 Å². The Morgan fingerprint density at radius 2 is 0.737 bits per heavy atom. The molecule has 363 valence electrons. The van der Waals surface area contributed by atoms with E-state index in [2.05, 4.69) is 222 Å². The van der Waals surface area contributed by atoms with Gasteiger partial charge in [-0.25, -0.2) is 0 Å². The van der Waals surface area contributed by atoms with Crippen molar-refractivity contribution in [2.45, 2.75) is 0 Å². The van der Waals surface area contributed by atoms with E-state index in [1.807, 2.05) is 46.1 Å². The molecule has 14 rings (SSSR count). The number of imidazole rings is 2. The average molecular weight is 1150 g/mol. The first-order valence-corrected chi connectivity index (χ1v) is 24.5. The first-order valence-electron chi connectivity index (χ1n) is 24.5. The molecule has 0 bridgehead atoms. The van der Waals surface area contributed by atoms with E-state index >= 15 is 0 Å². The number of hydrogen-bond donors (Lipinski definition) is 0. The molecule has 0 fully saturated rings. The quantitative estimate of drug-likeness (QED) is 0.135. The molecule has 8 heteroatoms. The first kappa shape index (κ1) is 47.5. The minimum Gasteiger partial charge on any atom is -0.358 e. The number of rotatable bonds is 9. The molecule has 5 heterocycles. The fourth-order valence-electron chi connectivity index (χ4n) is 10.3. The monoisotopic (exact) mass is 1150 g/mol. The van der Waals surface area contributed by atoms with Crippen LogP contribution in [0.3, 0.4) is 0 Å². The van der Waals surface area contributed by atoms with E-state index in [0.717, 1.165) is 122 Å². The molecule has 0 saturated carbocycles. The molecular weight excluding hydrogens is 1110 g/mol. The van der Waals surface area contributed by atoms with Gasteiger partial charge in [0.05, 0.1) is 23.9 Å². The van der Waals surface area contributed by atoms with Crippen molar-refractivity contribution < 1.29 is 20.1 Å². The fourth-order valence-corrected chi connectivity index (χ4v) is 10.3. The van der Waals surface area contributed by atoms with Crippen LogP contribution < -0.4 is 0 Å². The Labute approximate surface area is 453 Å². The summed E-state index contributed by atoms with van der Waals surface area (Å²) in [5, 5.41) is 1.76. The molecule has 1 radical (unpaired) electrons. The summed E-state index contributed by atoms with van der Waals surface area (Å²) in [6, 6.07) is 81.7. The van der Waals surface area contributed by atoms with E-state index in [0.29, 0.717) is 0 Å². The zero-order chi connectivity index (χ0) is 49.0. The van der Waals surface area contributed by atoms with E-state index < -0.39 is 0 Å². The summed E-state index contributed by atoms with van der Waals surface area (Å²) < 4.78 is 3.85. The summed E-state index contributed by atoms with van der Waals surface area (Å²) in [6.07, 6.45) is 12.9. The fraction of sp³-hybridized carbons (Fsp3) is 0. The summed E-state index contributed by atoms with van der Waals surface area (Å²) in [6.45, 7) is 0. The van der Waals surface area contributed by atoms with Crippen LogP contribution in [-0.4, -0.2) is 33.7 Å². The molecule has 0 aliphatic heterocycles. The molecule has 0 spiro atoms. The van der Waals surface area contributed by atoms with Crippen molar-refractivity contribution in [1.82, 2.24) is 33.7 Å². The second-order valence-corrected chi connectivity index (χ2v) is 18.4. The van der Waals surface area contributed by atoms with E-state index in [4.69, 9.17) is 15.0 Å². The van der Waals surface area contributed by atoms with Crippen LogP contribution in [0.4, 0.5) is 0 Å². The topological polar surface area (TPSA) is 73.3 Å². The third-order valence-corrected chi connectivity index (χ3v) is 14.0. The van der Waals surface area contributed by atoms with Gasteiger partial charge in [-0.3, -0.25) is 19.9 Å². The van der Waals surface area contributed by atoms with Crippen molar-refractivity contribution in [2.24, 2.45) is 0 Å². The van der Waals surface area contributed by atoms with Crippen molar-refractivity contribution in [2.75, 3.05) is 0 Å². The Morgan fingerprint density at radius 3 is 1.22 bits per heavy atom. The van der Waals surface area contributed by atoms with Crippen LogP contribution in [0.25, 0.3) is 133 Å². The van der Waals surface area contributed by atoms with Crippen LogP contribution in [-0.2, 0) is 20.1 Å². The van der Waals surface area contributed by atoms with E-state index in [1.165, 1.54) is 11.1 Å². The molecule has 0 atom stereocenters. The molecule has 0 unspecified atom stereocenters. The van der Waals surface area contributed by atoms with Gasteiger partial charge < -0.3 is 21.2 Å². The average Bonchev–Trinajstić information content (AvgIpc) is 4.20. The molecule has 0 N–H and O–H groups in total. The third kappa shape index (κ3) is 8.65. The molecule has 0 amide bonds. The summed E-state index contributed by atoms with van der Waals surface area (Å²) in [5.41, 5.74) is 22.6. The molecular formula is C68H43IrN7-4. The molecule has 5 aromatic heterocycles. The minimum atomic E-state index is 0. The normalized spacial score (nSPS) is 11.2. The van der Waals surface area contributed by atoms with Crippen LogP contribution >= 0.6 is 0 Å². The smallest absolute Gasteiger partial charge is 0.0816 e. The molecule has 9 aromatic carbocycles. The summed E-state index contributed by atoms with van der Waals surface area (Å²) in [4.78, 5) is 23.6. The van der Waals surface area contributed by atoms with Gasteiger partial charge in [0.25, 0.3) is 0 Å². The van der Waals surface area contributed by atoms with Gasteiger partial charge >= 0.3 is 0 Å². The van der Waals surface area contributed by atoms with E-state index in [1.54, 1.807) is 12.4 Å². The van der Waals surface area contributed by atoms with Crippen LogP contribution in [0.1, 0.15) is 0 Å². The minimum absolute atomic E-state index is 0. The standard InChI is InChI=1S/C67H40N7.CH3.Ir/c1-2-10-44(11-3-1)45-18-20-46(21-19-45)49-30-31-68-63(39-49)48-24-22-47(23-25-48)55-12-4-7-15-58(55)52-36-53(59-16-8-5-13-56(59)50-26-28-61-64(40-50)71-42-73-34-32-69-66(61)73)38-54(37-52)60-17-9-6-14-57(60)51-27-29-62-65(41-51)72-43-74-35-33-70-67(62)74;;/h1-24,26-27,30-43H;1H3;/q-3;-1;. The Hall–Kier alpha value is -9.46. The Kier molecular flexibility index (Phi) is 12.6. The van der Waals surface area contributed by atoms with Gasteiger partial charge in [0.1, 0.15) is 0 Å². The zero-order valence-electron chi connectivity index (χ0n) is 41.1. The summed E-state index contributed by atoms with van der Waals surface area (Å²) >= 11 is 0. The molecule has 14 aromatic rings. The second kappa shape index (κ2) is 20.1. The Bertz CT molecular complexity index is 4250. The number of fused-ring (bicyclic) bond motifs is 6. The van der Waals surface area contributed by atoms with Crippen molar-refractivity contribution >= 4 is 33.1 Å². The number of aromatic nitrogens is 7. The van der Waals surface area contributed by atoms with Crippen molar-refractivity contribution in [3.8, 4) is 100 Å². The first-order chi connectivity index (χ1) is 36.6. The zero-order valence-corrected chi connectivity index (χ0v) is 43.5.